The zero-order valence-electron chi connectivity index (χ0n) is 16.4. The first kappa shape index (κ1) is 20.8. The molecule has 11 heteroatoms. The Morgan fingerprint density at radius 2 is 2.07 bits per heavy atom. The molecule has 3 aromatic heterocycles. The molecule has 0 aliphatic heterocycles. The fourth-order valence-corrected chi connectivity index (χ4v) is 2.62. The maximum Gasteiger partial charge on any atom is 0.411 e. The highest BCUT2D eigenvalue weighted by Crippen LogP contribution is 2.26. The molecule has 0 radical (unpaired) electrons. The molecule has 156 valence electrons. The number of alkyl halides is 3. The predicted octanol–water partition coefficient (Wildman–Crippen LogP) is 3.31. The molecule has 0 fully saturated rings. The van der Waals surface area contributed by atoms with Crippen molar-refractivity contribution in [1.82, 2.24) is 24.7 Å². The Morgan fingerprint density at radius 3 is 2.76 bits per heavy atom. The number of rotatable bonds is 8. The molecule has 8 nitrogen and oxygen atoms in total. The van der Waals surface area contributed by atoms with Crippen molar-refractivity contribution in [3.8, 4) is 0 Å². The number of nitrogens with one attached hydrogen (secondary N) is 1. The summed E-state index contributed by atoms with van der Waals surface area (Å²) < 4.78 is 43.1. The first-order valence-corrected chi connectivity index (χ1v) is 9.05. The van der Waals surface area contributed by atoms with E-state index in [1.807, 2.05) is 37.9 Å². The fraction of sp³-hybridized carbons (Fsp3) is 0.444. The minimum absolute atomic E-state index is 0.127. The van der Waals surface area contributed by atoms with Crippen molar-refractivity contribution in [2.45, 2.75) is 26.6 Å². The first-order chi connectivity index (χ1) is 13.8. The molecule has 3 rings (SSSR count). The van der Waals surface area contributed by atoms with Crippen LogP contribution in [-0.2, 0) is 11.3 Å². The van der Waals surface area contributed by atoms with Gasteiger partial charge in [-0.3, -0.25) is 4.68 Å². The van der Waals surface area contributed by atoms with E-state index in [1.165, 1.54) is 4.68 Å². The highest BCUT2D eigenvalue weighted by Gasteiger charge is 2.27. The van der Waals surface area contributed by atoms with Crippen LogP contribution in [0.15, 0.2) is 24.5 Å². The number of aryl methyl sites for hydroxylation is 1. The summed E-state index contributed by atoms with van der Waals surface area (Å²) in [5.74, 6) is 1.57. The summed E-state index contributed by atoms with van der Waals surface area (Å²) in [6.45, 7) is 3.31. The molecule has 29 heavy (non-hydrogen) atoms. The molecule has 0 atom stereocenters. The topological polar surface area (TPSA) is 81.0 Å². The van der Waals surface area contributed by atoms with Gasteiger partial charge in [-0.15, -0.1) is 0 Å². The lowest BCUT2D eigenvalue weighted by atomic mass is 10.3. The van der Waals surface area contributed by atoms with Crippen LogP contribution in [0.3, 0.4) is 0 Å². The number of halogens is 3. The highest BCUT2D eigenvalue weighted by atomic mass is 19.4. The summed E-state index contributed by atoms with van der Waals surface area (Å²) in [4.78, 5) is 15.2. The predicted molar refractivity (Wildman–Crippen MR) is 103 cm³/mol. The van der Waals surface area contributed by atoms with Gasteiger partial charge in [-0.1, -0.05) is 0 Å². The van der Waals surface area contributed by atoms with Crippen LogP contribution < -0.4 is 10.2 Å². The molecule has 0 bridgehead atoms. The minimum atomic E-state index is -4.36. The van der Waals surface area contributed by atoms with Crippen molar-refractivity contribution in [3.05, 3.63) is 30.1 Å². The minimum Gasteiger partial charge on any atom is -0.370 e. The average molecular weight is 409 g/mol. The Labute approximate surface area is 165 Å². The van der Waals surface area contributed by atoms with E-state index in [0.29, 0.717) is 35.2 Å². The van der Waals surface area contributed by atoms with Gasteiger partial charge in [0, 0.05) is 19.8 Å². The van der Waals surface area contributed by atoms with Crippen molar-refractivity contribution in [2.75, 3.05) is 37.0 Å². The molecule has 3 heterocycles. The van der Waals surface area contributed by atoms with E-state index in [4.69, 9.17) is 4.74 Å². The van der Waals surface area contributed by atoms with Gasteiger partial charge in [-0.05, 0) is 31.5 Å². The van der Waals surface area contributed by atoms with Crippen LogP contribution in [0.1, 0.15) is 12.5 Å². The number of hydrogen-bond acceptors (Lipinski definition) is 7. The SMILES string of the molecule is CCN(C)c1nc(Nc2cc(C)ccn2)c2c(cnn2CCOCC(F)(F)F)n1. The lowest BCUT2D eigenvalue weighted by Crippen LogP contribution is -2.20. The van der Waals surface area contributed by atoms with E-state index < -0.39 is 12.8 Å². The third kappa shape index (κ3) is 5.31. The summed E-state index contributed by atoms with van der Waals surface area (Å²) in [6.07, 6.45) is -1.13. The van der Waals surface area contributed by atoms with Crippen LogP contribution in [-0.4, -0.2) is 57.7 Å². The van der Waals surface area contributed by atoms with Gasteiger partial charge in [0.1, 0.15) is 23.5 Å². The smallest absolute Gasteiger partial charge is 0.370 e. The monoisotopic (exact) mass is 409 g/mol. The molecule has 0 amide bonds. The number of aromatic nitrogens is 5. The van der Waals surface area contributed by atoms with Gasteiger partial charge in [0.05, 0.1) is 19.3 Å². The molecule has 0 spiro atoms. The summed E-state index contributed by atoms with van der Waals surface area (Å²) >= 11 is 0. The Hall–Kier alpha value is -2.95. The van der Waals surface area contributed by atoms with E-state index in [-0.39, 0.29) is 13.2 Å². The quantitative estimate of drug-likeness (QED) is 0.572. The van der Waals surface area contributed by atoms with Crippen molar-refractivity contribution < 1.29 is 17.9 Å². The van der Waals surface area contributed by atoms with Gasteiger partial charge in [0.2, 0.25) is 5.95 Å². The molecular weight excluding hydrogens is 387 g/mol. The third-order valence-electron chi connectivity index (χ3n) is 4.17. The normalized spacial score (nSPS) is 11.8. The Morgan fingerprint density at radius 1 is 1.28 bits per heavy atom. The molecule has 0 aromatic carbocycles. The molecular formula is C18H22F3N7O. The molecule has 0 saturated carbocycles. The van der Waals surface area contributed by atoms with Crippen LogP contribution in [0, 0.1) is 6.92 Å². The van der Waals surface area contributed by atoms with Gasteiger partial charge in [0.25, 0.3) is 0 Å². The summed E-state index contributed by atoms with van der Waals surface area (Å²) in [5.41, 5.74) is 2.16. The van der Waals surface area contributed by atoms with Gasteiger partial charge in [-0.25, -0.2) is 9.97 Å². The van der Waals surface area contributed by atoms with Crippen molar-refractivity contribution in [3.63, 3.8) is 0 Å². The van der Waals surface area contributed by atoms with E-state index >= 15 is 0 Å². The second kappa shape index (κ2) is 8.60. The lowest BCUT2D eigenvalue weighted by molar-refractivity contribution is -0.174. The largest absolute Gasteiger partial charge is 0.411 e. The Balaban J connectivity index is 1.92. The van der Waals surface area contributed by atoms with Gasteiger partial charge < -0.3 is 15.0 Å². The third-order valence-corrected chi connectivity index (χ3v) is 4.17. The number of anilines is 3. The Bertz CT molecular complexity index is 974. The maximum atomic E-state index is 12.3. The molecule has 0 aliphatic rings. The van der Waals surface area contributed by atoms with Crippen molar-refractivity contribution in [1.29, 1.82) is 0 Å². The van der Waals surface area contributed by atoms with Crippen molar-refractivity contribution in [2.24, 2.45) is 0 Å². The zero-order valence-corrected chi connectivity index (χ0v) is 16.4. The number of nitrogens with zero attached hydrogens (tertiary/aromatic N) is 6. The second-order valence-electron chi connectivity index (χ2n) is 6.50. The molecule has 0 saturated heterocycles. The average Bonchev–Trinajstić information content (AvgIpc) is 3.07. The number of ether oxygens (including phenoxy) is 1. The molecule has 3 aromatic rings. The lowest BCUT2D eigenvalue weighted by Gasteiger charge is -2.17. The van der Waals surface area contributed by atoms with Gasteiger partial charge in [-0.2, -0.15) is 23.3 Å². The first-order valence-electron chi connectivity index (χ1n) is 9.05. The van der Waals surface area contributed by atoms with Crippen LogP contribution >= 0.6 is 0 Å². The van der Waals surface area contributed by atoms with Gasteiger partial charge in [0.15, 0.2) is 5.82 Å². The number of hydrogen-bond donors (Lipinski definition) is 1. The number of fused-ring (bicyclic) bond motifs is 1. The van der Waals surface area contributed by atoms with E-state index in [9.17, 15) is 13.2 Å². The van der Waals surface area contributed by atoms with Crippen molar-refractivity contribution >= 4 is 28.6 Å². The molecule has 1 N–H and O–H groups in total. The second-order valence-corrected chi connectivity index (χ2v) is 6.50. The van der Waals surface area contributed by atoms with Crippen LogP contribution in [0.4, 0.5) is 30.8 Å². The summed E-state index contributed by atoms with van der Waals surface area (Å²) in [5, 5.41) is 7.43. The molecule has 0 aliphatic carbocycles. The summed E-state index contributed by atoms with van der Waals surface area (Å²) in [6, 6.07) is 3.74. The fourth-order valence-electron chi connectivity index (χ4n) is 2.62. The van der Waals surface area contributed by atoms with E-state index in [1.54, 1.807) is 12.4 Å². The van der Waals surface area contributed by atoms with E-state index in [0.717, 1.165) is 5.56 Å². The van der Waals surface area contributed by atoms with Crippen LogP contribution in [0.2, 0.25) is 0 Å². The highest BCUT2D eigenvalue weighted by molar-refractivity contribution is 5.88. The van der Waals surface area contributed by atoms with Gasteiger partial charge >= 0.3 is 6.18 Å². The molecule has 0 unspecified atom stereocenters. The summed E-state index contributed by atoms with van der Waals surface area (Å²) in [7, 11) is 1.87. The number of pyridine rings is 1. The Kier molecular flexibility index (Phi) is 6.16. The zero-order chi connectivity index (χ0) is 21.0. The van der Waals surface area contributed by atoms with E-state index in [2.05, 4.69) is 25.4 Å². The van der Waals surface area contributed by atoms with Crippen LogP contribution in [0.25, 0.3) is 11.0 Å². The standard InChI is InChI=1S/C18H22F3N7O/c1-4-27(3)17-24-13-10-23-28(7-8-29-11-18(19,20)21)15(13)16(26-17)25-14-9-12(2)5-6-22-14/h5-6,9-10H,4,7-8,11H2,1-3H3,(H,22,24,25,26). The maximum absolute atomic E-state index is 12.3. The van der Waals surface area contributed by atoms with Crippen LogP contribution in [0.5, 0.6) is 0 Å².